The Kier molecular flexibility index (Phi) is 6.40. The zero-order valence-electron chi connectivity index (χ0n) is 17.9. The molecular formula is C26H22N4O3. The quantitative estimate of drug-likeness (QED) is 0.385. The van der Waals surface area contributed by atoms with Crippen LogP contribution in [-0.4, -0.2) is 27.0 Å². The standard InChI is InChI=1S/C26H22N4O3/c1-17-27-22(18-9-4-2-5-10-18)16-23(28-17)29-21-14-8-13-20(15-21)25(31)30-24(26(32)33)19-11-6-3-7-12-19/h2-16,24H,1H3,(H,30,31)(H,32,33)(H,27,28,29)/t24-/m0/s1. The Morgan fingerprint density at radius 1 is 0.848 bits per heavy atom. The van der Waals surface area contributed by atoms with E-state index in [1.54, 1.807) is 48.5 Å². The normalized spacial score (nSPS) is 11.4. The Balaban J connectivity index is 1.54. The molecule has 164 valence electrons. The zero-order valence-corrected chi connectivity index (χ0v) is 17.9. The number of aromatic nitrogens is 2. The Labute approximate surface area is 191 Å². The largest absolute Gasteiger partial charge is 0.479 e. The summed E-state index contributed by atoms with van der Waals surface area (Å²) in [6.07, 6.45) is 0. The molecule has 3 N–H and O–H groups in total. The minimum absolute atomic E-state index is 0.330. The highest BCUT2D eigenvalue weighted by atomic mass is 16.4. The van der Waals surface area contributed by atoms with Crippen LogP contribution < -0.4 is 10.6 Å². The summed E-state index contributed by atoms with van der Waals surface area (Å²) in [4.78, 5) is 33.5. The highest BCUT2D eigenvalue weighted by Gasteiger charge is 2.22. The van der Waals surface area contributed by atoms with Crippen molar-refractivity contribution in [1.82, 2.24) is 15.3 Å². The minimum atomic E-state index is -1.15. The van der Waals surface area contributed by atoms with Gasteiger partial charge in [0.1, 0.15) is 11.6 Å². The van der Waals surface area contributed by atoms with Gasteiger partial charge in [0.25, 0.3) is 5.91 Å². The number of carboxylic acids is 1. The van der Waals surface area contributed by atoms with Gasteiger partial charge < -0.3 is 15.7 Å². The Hall–Kier alpha value is -4.52. The van der Waals surface area contributed by atoms with Crippen molar-refractivity contribution in [2.75, 3.05) is 5.32 Å². The Morgan fingerprint density at radius 3 is 2.24 bits per heavy atom. The molecule has 0 bridgehead atoms. The van der Waals surface area contributed by atoms with Crippen molar-refractivity contribution in [3.05, 3.63) is 108 Å². The molecule has 1 atom stereocenters. The fraction of sp³-hybridized carbons (Fsp3) is 0.0769. The molecule has 3 aromatic carbocycles. The van der Waals surface area contributed by atoms with Crippen LogP contribution >= 0.6 is 0 Å². The van der Waals surface area contributed by atoms with Gasteiger partial charge in [-0.05, 0) is 30.7 Å². The molecule has 0 radical (unpaired) electrons. The van der Waals surface area contributed by atoms with Crippen LogP contribution in [-0.2, 0) is 4.79 Å². The van der Waals surface area contributed by atoms with Crippen molar-refractivity contribution in [3.63, 3.8) is 0 Å². The number of amides is 1. The third-order valence-electron chi connectivity index (χ3n) is 4.96. The first-order valence-corrected chi connectivity index (χ1v) is 10.4. The summed E-state index contributed by atoms with van der Waals surface area (Å²) in [6, 6.07) is 25.9. The SMILES string of the molecule is Cc1nc(Nc2cccc(C(=O)N[C@H](C(=O)O)c3ccccc3)c2)cc(-c2ccccc2)n1. The van der Waals surface area contributed by atoms with Gasteiger partial charge in [-0.15, -0.1) is 0 Å². The number of aryl methyl sites for hydroxylation is 1. The molecular weight excluding hydrogens is 416 g/mol. The molecule has 4 aromatic rings. The second-order valence-corrected chi connectivity index (χ2v) is 7.41. The van der Waals surface area contributed by atoms with E-state index in [0.717, 1.165) is 11.3 Å². The van der Waals surface area contributed by atoms with Crippen LogP contribution in [0.15, 0.2) is 91.0 Å². The Bertz CT molecular complexity index is 1280. The summed E-state index contributed by atoms with van der Waals surface area (Å²) >= 11 is 0. The van der Waals surface area contributed by atoms with Crippen LogP contribution in [0.25, 0.3) is 11.3 Å². The van der Waals surface area contributed by atoms with E-state index in [-0.39, 0.29) is 0 Å². The van der Waals surface area contributed by atoms with Crippen LogP contribution in [0.3, 0.4) is 0 Å². The average molecular weight is 438 g/mol. The van der Waals surface area contributed by atoms with Gasteiger partial charge >= 0.3 is 5.97 Å². The molecule has 0 aliphatic heterocycles. The van der Waals surface area contributed by atoms with Gasteiger partial charge in [0.2, 0.25) is 0 Å². The van der Waals surface area contributed by atoms with Gasteiger partial charge in [-0.2, -0.15) is 0 Å². The molecule has 1 aromatic heterocycles. The molecule has 4 rings (SSSR count). The second kappa shape index (κ2) is 9.74. The predicted octanol–water partition coefficient (Wildman–Crippen LogP) is 4.75. The predicted molar refractivity (Wildman–Crippen MR) is 126 cm³/mol. The number of anilines is 2. The van der Waals surface area contributed by atoms with Gasteiger partial charge in [-0.1, -0.05) is 66.7 Å². The summed E-state index contributed by atoms with van der Waals surface area (Å²) in [6.45, 7) is 1.82. The first-order chi connectivity index (χ1) is 16.0. The molecule has 0 saturated carbocycles. The highest BCUT2D eigenvalue weighted by Crippen LogP contribution is 2.23. The lowest BCUT2D eigenvalue weighted by Gasteiger charge is -2.15. The van der Waals surface area contributed by atoms with E-state index in [0.29, 0.717) is 28.5 Å². The van der Waals surface area contributed by atoms with Crippen molar-refractivity contribution in [2.24, 2.45) is 0 Å². The number of benzene rings is 3. The number of carbonyl (C=O) groups is 2. The molecule has 0 unspecified atom stereocenters. The van der Waals surface area contributed by atoms with Gasteiger partial charge in [-0.25, -0.2) is 14.8 Å². The first-order valence-electron chi connectivity index (χ1n) is 10.4. The molecule has 0 saturated heterocycles. The molecule has 33 heavy (non-hydrogen) atoms. The second-order valence-electron chi connectivity index (χ2n) is 7.41. The molecule has 1 amide bonds. The van der Waals surface area contributed by atoms with Crippen LogP contribution in [0.4, 0.5) is 11.5 Å². The molecule has 1 heterocycles. The van der Waals surface area contributed by atoms with E-state index in [4.69, 9.17) is 0 Å². The number of carbonyl (C=O) groups excluding carboxylic acids is 1. The lowest BCUT2D eigenvalue weighted by Crippen LogP contribution is -2.33. The van der Waals surface area contributed by atoms with Crippen molar-refractivity contribution in [2.45, 2.75) is 13.0 Å². The number of hydrogen-bond donors (Lipinski definition) is 3. The number of nitrogens with one attached hydrogen (secondary N) is 2. The van der Waals surface area contributed by atoms with E-state index in [1.165, 1.54) is 0 Å². The first kappa shape index (κ1) is 21.7. The number of hydrogen-bond acceptors (Lipinski definition) is 5. The number of nitrogens with zero attached hydrogens (tertiary/aromatic N) is 2. The fourth-order valence-corrected chi connectivity index (χ4v) is 3.42. The smallest absolute Gasteiger partial charge is 0.330 e. The maximum atomic E-state index is 12.8. The highest BCUT2D eigenvalue weighted by molar-refractivity contribution is 5.97. The van der Waals surface area contributed by atoms with Crippen molar-refractivity contribution >= 4 is 23.4 Å². The molecule has 7 heteroatoms. The van der Waals surface area contributed by atoms with E-state index in [1.807, 2.05) is 49.4 Å². The van der Waals surface area contributed by atoms with Crippen LogP contribution in [0.5, 0.6) is 0 Å². The van der Waals surface area contributed by atoms with Crippen molar-refractivity contribution < 1.29 is 14.7 Å². The maximum absolute atomic E-state index is 12.8. The molecule has 0 spiro atoms. The maximum Gasteiger partial charge on any atom is 0.330 e. The van der Waals surface area contributed by atoms with Gasteiger partial charge in [0.15, 0.2) is 6.04 Å². The van der Waals surface area contributed by atoms with Gasteiger partial charge in [-0.3, -0.25) is 4.79 Å². The van der Waals surface area contributed by atoms with Crippen LogP contribution in [0, 0.1) is 6.92 Å². The fourth-order valence-electron chi connectivity index (χ4n) is 3.42. The molecule has 0 fully saturated rings. The van der Waals surface area contributed by atoms with Crippen molar-refractivity contribution in [3.8, 4) is 11.3 Å². The summed E-state index contributed by atoms with van der Waals surface area (Å²) < 4.78 is 0. The van der Waals surface area contributed by atoms with Gasteiger partial charge in [0, 0.05) is 22.9 Å². The monoisotopic (exact) mass is 438 g/mol. The third kappa shape index (κ3) is 5.40. The number of carboxylic acid groups (broad SMARTS) is 1. The van der Waals surface area contributed by atoms with E-state index in [2.05, 4.69) is 20.6 Å². The molecule has 7 nitrogen and oxygen atoms in total. The lowest BCUT2D eigenvalue weighted by molar-refractivity contribution is -0.139. The third-order valence-corrected chi connectivity index (χ3v) is 4.96. The van der Waals surface area contributed by atoms with E-state index in [9.17, 15) is 14.7 Å². The van der Waals surface area contributed by atoms with Gasteiger partial charge in [0.05, 0.1) is 5.69 Å². The number of rotatable bonds is 7. The number of aliphatic carboxylic acids is 1. The van der Waals surface area contributed by atoms with Crippen molar-refractivity contribution in [1.29, 1.82) is 0 Å². The summed E-state index contributed by atoms with van der Waals surface area (Å²) in [5.74, 6) is -0.418. The minimum Gasteiger partial charge on any atom is -0.479 e. The van der Waals surface area contributed by atoms with E-state index < -0.39 is 17.9 Å². The van der Waals surface area contributed by atoms with E-state index >= 15 is 0 Å². The molecule has 0 aliphatic carbocycles. The average Bonchev–Trinajstić information content (AvgIpc) is 2.83. The van der Waals surface area contributed by atoms with Crippen LogP contribution in [0.2, 0.25) is 0 Å². The summed E-state index contributed by atoms with van der Waals surface area (Å²) in [5, 5.41) is 15.4. The lowest BCUT2D eigenvalue weighted by atomic mass is 10.1. The zero-order chi connectivity index (χ0) is 23.2. The molecule has 0 aliphatic rings. The summed E-state index contributed by atoms with van der Waals surface area (Å²) in [5.41, 5.74) is 3.23. The topological polar surface area (TPSA) is 104 Å². The Morgan fingerprint density at radius 2 is 1.55 bits per heavy atom. The van der Waals surface area contributed by atoms with Crippen LogP contribution in [0.1, 0.15) is 27.8 Å². The summed E-state index contributed by atoms with van der Waals surface area (Å²) in [7, 11) is 0.